The van der Waals surface area contributed by atoms with E-state index in [1.165, 1.54) is 11.1 Å². The fraction of sp³-hybridized carbons (Fsp3) is 0.846. The highest BCUT2D eigenvalue weighted by Crippen LogP contribution is 2.48. The topological polar surface area (TPSA) is 20.2 Å². The van der Waals surface area contributed by atoms with Crippen LogP contribution >= 0.6 is 0 Å². The molecule has 0 aromatic heterocycles. The van der Waals surface area contributed by atoms with Crippen LogP contribution in [-0.2, 0) is 0 Å². The van der Waals surface area contributed by atoms with Crippen molar-refractivity contribution in [3.05, 3.63) is 11.1 Å². The second kappa shape index (κ2) is 3.37. The van der Waals surface area contributed by atoms with Crippen molar-refractivity contribution in [2.45, 2.75) is 60.5 Å². The minimum absolute atomic E-state index is 0.143. The molecule has 1 unspecified atom stereocenters. The highest BCUT2D eigenvalue weighted by Gasteiger charge is 2.38. The summed E-state index contributed by atoms with van der Waals surface area (Å²) in [5, 5.41) is 9.76. The van der Waals surface area contributed by atoms with Gasteiger partial charge in [0.2, 0.25) is 0 Å². The molecular formula is C13H24O. The van der Waals surface area contributed by atoms with E-state index in [9.17, 15) is 5.11 Å². The van der Waals surface area contributed by atoms with E-state index in [0.717, 1.165) is 12.8 Å². The van der Waals surface area contributed by atoms with E-state index in [1.807, 2.05) is 0 Å². The summed E-state index contributed by atoms with van der Waals surface area (Å²) in [5.74, 6) is 0. The molecule has 0 spiro atoms. The Morgan fingerprint density at radius 2 is 1.79 bits per heavy atom. The van der Waals surface area contributed by atoms with Crippen molar-refractivity contribution in [3.8, 4) is 0 Å². The molecule has 1 N–H and O–H groups in total. The van der Waals surface area contributed by atoms with Crippen LogP contribution in [0.25, 0.3) is 0 Å². The summed E-state index contributed by atoms with van der Waals surface area (Å²) < 4.78 is 0. The summed E-state index contributed by atoms with van der Waals surface area (Å²) in [6.07, 6.45) is 1.61. The fourth-order valence-corrected chi connectivity index (χ4v) is 3.45. The van der Waals surface area contributed by atoms with Gasteiger partial charge in [0.05, 0.1) is 6.10 Å². The van der Waals surface area contributed by atoms with E-state index in [4.69, 9.17) is 0 Å². The van der Waals surface area contributed by atoms with Gasteiger partial charge < -0.3 is 5.11 Å². The zero-order chi connectivity index (χ0) is 11.1. The molecule has 1 nitrogen and oxygen atoms in total. The Balaban J connectivity index is 3.16. The molecule has 1 heteroatoms. The summed E-state index contributed by atoms with van der Waals surface area (Å²) in [7, 11) is 0. The first-order valence-corrected chi connectivity index (χ1v) is 5.53. The Kier molecular flexibility index (Phi) is 2.84. The maximum Gasteiger partial charge on any atom is 0.0585 e. The van der Waals surface area contributed by atoms with Crippen molar-refractivity contribution < 1.29 is 5.11 Å². The van der Waals surface area contributed by atoms with E-state index in [0.29, 0.717) is 0 Å². The lowest BCUT2D eigenvalue weighted by molar-refractivity contribution is 0.104. The second-order valence-corrected chi connectivity index (χ2v) is 6.35. The van der Waals surface area contributed by atoms with Gasteiger partial charge in [0, 0.05) is 0 Å². The van der Waals surface area contributed by atoms with Gasteiger partial charge in [0.15, 0.2) is 0 Å². The minimum Gasteiger partial charge on any atom is -0.393 e. The molecule has 0 bridgehead atoms. The monoisotopic (exact) mass is 196 g/mol. The number of aliphatic hydroxyl groups excluding tert-OH is 1. The number of allylic oxidation sites excluding steroid dienone is 1. The zero-order valence-electron chi connectivity index (χ0n) is 10.4. The maximum absolute atomic E-state index is 9.76. The second-order valence-electron chi connectivity index (χ2n) is 6.35. The number of hydrogen-bond donors (Lipinski definition) is 1. The summed E-state index contributed by atoms with van der Waals surface area (Å²) in [5.41, 5.74) is 3.31. The van der Waals surface area contributed by atoms with Gasteiger partial charge in [-0.05, 0) is 30.6 Å². The lowest BCUT2D eigenvalue weighted by Gasteiger charge is -2.43. The van der Waals surface area contributed by atoms with Gasteiger partial charge in [0.25, 0.3) is 0 Å². The summed E-state index contributed by atoms with van der Waals surface area (Å²) in [6, 6.07) is 0. The molecule has 0 saturated carbocycles. The molecular weight excluding hydrogens is 172 g/mol. The van der Waals surface area contributed by atoms with Crippen molar-refractivity contribution in [2.75, 3.05) is 0 Å². The van der Waals surface area contributed by atoms with Crippen LogP contribution in [0.2, 0.25) is 0 Å². The molecule has 0 saturated heterocycles. The Morgan fingerprint density at radius 1 is 1.29 bits per heavy atom. The lowest BCUT2D eigenvalue weighted by Crippen LogP contribution is -2.34. The van der Waals surface area contributed by atoms with E-state index in [1.54, 1.807) is 0 Å². The van der Waals surface area contributed by atoms with Crippen molar-refractivity contribution in [1.29, 1.82) is 0 Å². The average Bonchev–Trinajstić information content (AvgIpc) is 1.75. The average molecular weight is 196 g/mol. The standard InChI is InChI=1S/C13H24O/c1-9-7-10(14)8-13(5,6)11(9)12(2,3)4/h10,14H,7-8H2,1-6H3. The Labute approximate surface area is 88.2 Å². The normalized spacial score (nSPS) is 28.1. The Morgan fingerprint density at radius 3 is 2.14 bits per heavy atom. The summed E-state index contributed by atoms with van der Waals surface area (Å²) in [6.45, 7) is 13.5. The number of aliphatic hydroxyl groups is 1. The molecule has 0 heterocycles. The summed E-state index contributed by atoms with van der Waals surface area (Å²) >= 11 is 0. The Bertz CT molecular complexity index is 253. The number of hydrogen-bond acceptors (Lipinski definition) is 1. The van der Waals surface area contributed by atoms with Crippen LogP contribution in [0.3, 0.4) is 0 Å². The fourth-order valence-electron chi connectivity index (χ4n) is 3.45. The molecule has 14 heavy (non-hydrogen) atoms. The highest BCUT2D eigenvalue weighted by atomic mass is 16.3. The third-order valence-electron chi connectivity index (χ3n) is 3.14. The third-order valence-corrected chi connectivity index (χ3v) is 3.14. The molecule has 1 rings (SSSR count). The van der Waals surface area contributed by atoms with Crippen LogP contribution in [0.15, 0.2) is 11.1 Å². The molecule has 0 aromatic carbocycles. The van der Waals surface area contributed by atoms with Gasteiger partial charge in [-0.15, -0.1) is 0 Å². The van der Waals surface area contributed by atoms with Gasteiger partial charge in [0.1, 0.15) is 0 Å². The first-order chi connectivity index (χ1) is 6.14. The molecule has 1 atom stereocenters. The van der Waals surface area contributed by atoms with Crippen molar-refractivity contribution in [2.24, 2.45) is 10.8 Å². The van der Waals surface area contributed by atoms with Gasteiger partial charge >= 0.3 is 0 Å². The number of rotatable bonds is 0. The lowest BCUT2D eigenvalue weighted by atomic mass is 9.63. The van der Waals surface area contributed by atoms with Crippen molar-refractivity contribution in [3.63, 3.8) is 0 Å². The van der Waals surface area contributed by atoms with Crippen molar-refractivity contribution >= 4 is 0 Å². The van der Waals surface area contributed by atoms with Gasteiger partial charge in [-0.25, -0.2) is 0 Å². The Hall–Kier alpha value is -0.300. The molecule has 0 amide bonds. The molecule has 0 fully saturated rings. The van der Waals surface area contributed by atoms with Gasteiger partial charge in [-0.2, -0.15) is 0 Å². The third kappa shape index (κ3) is 2.20. The van der Waals surface area contributed by atoms with Crippen LogP contribution in [0.1, 0.15) is 54.4 Å². The van der Waals surface area contributed by atoms with Crippen LogP contribution in [-0.4, -0.2) is 11.2 Å². The molecule has 0 aromatic rings. The SMILES string of the molecule is CC1=C(C(C)(C)C)C(C)(C)CC(O)C1. The van der Waals surface area contributed by atoms with Gasteiger partial charge in [-0.3, -0.25) is 0 Å². The largest absolute Gasteiger partial charge is 0.393 e. The molecule has 1 aliphatic carbocycles. The predicted octanol–water partition coefficient (Wildman–Crippen LogP) is 3.53. The molecule has 0 radical (unpaired) electrons. The molecule has 0 aliphatic heterocycles. The van der Waals surface area contributed by atoms with E-state index >= 15 is 0 Å². The van der Waals surface area contributed by atoms with Crippen LogP contribution in [0.4, 0.5) is 0 Å². The first kappa shape index (κ1) is 11.8. The minimum atomic E-state index is -0.143. The van der Waals surface area contributed by atoms with Crippen molar-refractivity contribution in [1.82, 2.24) is 0 Å². The smallest absolute Gasteiger partial charge is 0.0585 e. The van der Waals surface area contributed by atoms with E-state index in [2.05, 4.69) is 41.5 Å². The van der Waals surface area contributed by atoms with Gasteiger partial charge in [-0.1, -0.05) is 45.8 Å². The van der Waals surface area contributed by atoms with Crippen LogP contribution in [0.5, 0.6) is 0 Å². The van der Waals surface area contributed by atoms with E-state index in [-0.39, 0.29) is 16.9 Å². The van der Waals surface area contributed by atoms with Crippen LogP contribution in [0, 0.1) is 10.8 Å². The molecule has 82 valence electrons. The maximum atomic E-state index is 9.76. The van der Waals surface area contributed by atoms with E-state index < -0.39 is 0 Å². The summed E-state index contributed by atoms with van der Waals surface area (Å²) in [4.78, 5) is 0. The first-order valence-electron chi connectivity index (χ1n) is 5.53. The van der Waals surface area contributed by atoms with Crippen LogP contribution < -0.4 is 0 Å². The highest BCUT2D eigenvalue weighted by molar-refractivity contribution is 5.28. The zero-order valence-corrected chi connectivity index (χ0v) is 10.4. The molecule has 1 aliphatic rings. The predicted molar refractivity (Wildman–Crippen MR) is 61.2 cm³/mol. The quantitative estimate of drug-likeness (QED) is 0.588.